The van der Waals surface area contributed by atoms with E-state index in [0.717, 1.165) is 37.1 Å². The molecule has 6 heteroatoms. The molecule has 1 spiro atoms. The van der Waals surface area contributed by atoms with Gasteiger partial charge in [0, 0.05) is 48.9 Å². The van der Waals surface area contributed by atoms with Crippen molar-refractivity contribution in [3.05, 3.63) is 96.1 Å². The Morgan fingerprint density at radius 3 is 2.79 bits per heavy atom. The maximum absolute atomic E-state index is 13.9. The van der Waals surface area contributed by atoms with Gasteiger partial charge in [-0.2, -0.15) is 5.26 Å². The first-order valence-electron chi connectivity index (χ1n) is 11.4. The van der Waals surface area contributed by atoms with Gasteiger partial charge in [-0.25, -0.2) is 4.39 Å². The van der Waals surface area contributed by atoms with Gasteiger partial charge in [-0.1, -0.05) is 30.3 Å². The minimum atomic E-state index is -0.425. The molecule has 1 aromatic heterocycles. The van der Waals surface area contributed by atoms with Crippen molar-refractivity contribution in [1.82, 2.24) is 9.88 Å². The Kier molecular flexibility index (Phi) is 5.72. The van der Waals surface area contributed by atoms with Gasteiger partial charge in [0.25, 0.3) is 5.91 Å². The number of amides is 1. The summed E-state index contributed by atoms with van der Waals surface area (Å²) < 4.78 is 13.9. The highest BCUT2D eigenvalue weighted by molar-refractivity contribution is 6.06. The molecule has 0 bridgehead atoms. The normalized spacial score (nSPS) is 22.3. The van der Waals surface area contributed by atoms with Crippen LogP contribution < -0.4 is 4.90 Å². The minimum Gasteiger partial charge on any atom is -0.299 e. The Morgan fingerprint density at radius 1 is 1.15 bits per heavy atom. The molecule has 2 aromatic carbocycles. The van der Waals surface area contributed by atoms with Crippen LogP contribution >= 0.6 is 0 Å². The van der Waals surface area contributed by atoms with E-state index in [1.165, 1.54) is 17.7 Å². The molecule has 1 amide bonds. The van der Waals surface area contributed by atoms with Gasteiger partial charge in [-0.3, -0.25) is 19.6 Å². The zero-order chi connectivity index (χ0) is 23.7. The number of benzene rings is 2. The van der Waals surface area contributed by atoms with Crippen LogP contribution in [0.2, 0.25) is 0 Å². The van der Waals surface area contributed by atoms with Crippen LogP contribution in [0.5, 0.6) is 0 Å². The van der Waals surface area contributed by atoms with Crippen LogP contribution in [0, 0.1) is 17.1 Å². The van der Waals surface area contributed by atoms with Crippen molar-refractivity contribution in [1.29, 1.82) is 5.26 Å². The van der Waals surface area contributed by atoms with Crippen LogP contribution in [-0.4, -0.2) is 33.9 Å². The second-order valence-corrected chi connectivity index (χ2v) is 9.14. The maximum atomic E-state index is 13.9. The van der Waals surface area contributed by atoms with E-state index in [-0.39, 0.29) is 17.8 Å². The molecule has 1 fully saturated rings. The summed E-state index contributed by atoms with van der Waals surface area (Å²) in [6, 6.07) is 18.8. The summed E-state index contributed by atoms with van der Waals surface area (Å²) in [5.41, 5.74) is 3.86. The highest BCUT2D eigenvalue weighted by Gasteiger charge is 2.46. The summed E-state index contributed by atoms with van der Waals surface area (Å²) in [4.78, 5) is 21.1. The molecule has 2 aliphatic rings. The Balaban J connectivity index is 1.34. The van der Waals surface area contributed by atoms with Crippen LogP contribution in [0.4, 0.5) is 10.1 Å². The second-order valence-electron chi connectivity index (χ2n) is 9.14. The highest BCUT2D eigenvalue weighted by Crippen LogP contribution is 2.41. The van der Waals surface area contributed by atoms with Crippen LogP contribution in [0.3, 0.4) is 0 Å². The van der Waals surface area contributed by atoms with Crippen LogP contribution in [0.15, 0.2) is 79.1 Å². The van der Waals surface area contributed by atoms with E-state index in [1.807, 2.05) is 24.3 Å². The SMILES string of the molecule is C[C@@H]1C[C@]2(C=CC(=O)N2c2cccc(F)c2)CCN1Cc1cccc(-c2cncc(C#N)c2)c1. The molecule has 0 N–H and O–H groups in total. The number of anilines is 1. The van der Waals surface area contributed by atoms with E-state index in [4.69, 9.17) is 0 Å². The fraction of sp³-hybridized carbons (Fsp3) is 0.250. The van der Waals surface area contributed by atoms with Gasteiger partial charge >= 0.3 is 0 Å². The fourth-order valence-corrected chi connectivity index (χ4v) is 5.23. The summed E-state index contributed by atoms with van der Waals surface area (Å²) in [5, 5.41) is 9.17. The average Bonchev–Trinajstić information content (AvgIpc) is 3.16. The number of carbonyl (C=O) groups is 1. The van der Waals surface area contributed by atoms with Gasteiger partial charge in [0.1, 0.15) is 11.9 Å². The third-order valence-corrected chi connectivity index (χ3v) is 6.89. The topological polar surface area (TPSA) is 60.2 Å². The molecule has 0 radical (unpaired) electrons. The van der Waals surface area contributed by atoms with Crippen LogP contribution in [0.25, 0.3) is 11.1 Å². The van der Waals surface area contributed by atoms with Crippen molar-refractivity contribution >= 4 is 11.6 Å². The smallest absolute Gasteiger partial charge is 0.251 e. The Morgan fingerprint density at radius 2 is 2.00 bits per heavy atom. The molecule has 170 valence electrons. The number of hydrogen-bond acceptors (Lipinski definition) is 4. The molecule has 0 unspecified atom stereocenters. The Labute approximate surface area is 198 Å². The first-order chi connectivity index (χ1) is 16.5. The molecule has 34 heavy (non-hydrogen) atoms. The maximum Gasteiger partial charge on any atom is 0.251 e. The van der Waals surface area contributed by atoms with Crippen molar-refractivity contribution in [2.75, 3.05) is 11.4 Å². The lowest BCUT2D eigenvalue weighted by molar-refractivity contribution is -0.114. The van der Waals surface area contributed by atoms with Crippen LogP contribution in [-0.2, 0) is 11.3 Å². The van der Waals surface area contributed by atoms with Gasteiger partial charge in [0.2, 0.25) is 0 Å². The number of aromatic nitrogens is 1. The monoisotopic (exact) mass is 452 g/mol. The van der Waals surface area contributed by atoms with Crippen molar-refractivity contribution in [3.8, 4) is 17.2 Å². The molecule has 5 rings (SSSR count). The number of pyridine rings is 1. The Hall–Kier alpha value is -3.82. The van der Waals surface area contributed by atoms with E-state index in [9.17, 15) is 14.4 Å². The van der Waals surface area contributed by atoms with E-state index in [1.54, 1.807) is 35.5 Å². The number of carbonyl (C=O) groups excluding carboxylic acids is 1. The molecular formula is C28H25FN4O. The lowest BCUT2D eigenvalue weighted by atomic mass is 9.82. The predicted octanol–water partition coefficient (Wildman–Crippen LogP) is 5.09. The van der Waals surface area contributed by atoms with Gasteiger partial charge in [0.05, 0.1) is 11.1 Å². The fourth-order valence-electron chi connectivity index (χ4n) is 5.23. The second kappa shape index (κ2) is 8.85. The highest BCUT2D eigenvalue weighted by atomic mass is 19.1. The molecule has 1 saturated heterocycles. The largest absolute Gasteiger partial charge is 0.299 e. The first kappa shape index (κ1) is 22.0. The van der Waals surface area contributed by atoms with Gasteiger partial charge in [-0.15, -0.1) is 0 Å². The Bertz CT molecular complexity index is 1310. The summed E-state index contributed by atoms with van der Waals surface area (Å²) in [6.07, 6.45) is 8.53. The number of hydrogen-bond donors (Lipinski definition) is 0. The average molecular weight is 453 g/mol. The quantitative estimate of drug-likeness (QED) is 0.554. The molecule has 5 nitrogen and oxygen atoms in total. The van der Waals surface area contributed by atoms with Crippen molar-refractivity contribution in [3.63, 3.8) is 0 Å². The van der Waals surface area contributed by atoms with E-state index >= 15 is 0 Å². The van der Waals surface area contributed by atoms with E-state index in [2.05, 4.69) is 35.0 Å². The summed E-state index contributed by atoms with van der Waals surface area (Å²) in [5.74, 6) is -0.430. The number of nitrogens with zero attached hydrogens (tertiary/aromatic N) is 4. The zero-order valence-corrected chi connectivity index (χ0v) is 19.0. The third kappa shape index (κ3) is 4.11. The number of likely N-dealkylation sites (tertiary alicyclic amines) is 1. The number of rotatable bonds is 4. The number of piperidine rings is 1. The van der Waals surface area contributed by atoms with Crippen molar-refractivity contribution in [2.24, 2.45) is 0 Å². The molecule has 0 saturated carbocycles. The lowest BCUT2D eigenvalue weighted by Gasteiger charge is -2.47. The van der Waals surface area contributed by atoms with E-state index in [0.29, 0.717) is 11.3 Å². The molecule has 2 aliphatic heterocycles. The molecule has 2 atom stereocenters. The van der Waals surface area contributed by atoms with Crippen LogP contribution in [0.1, 0.15) is 30.9 Å². The van der Waals surface area contributed by atoms with E-state index < -0.39 is 5.54 Å². The first-order valence-corrected chi connectivity index (χ1v) is 11.4. The minimum absolute atomic E-state index is 0.0906. The van der Waals surface area contributed by atoms with Crippen molar-refractivity contribution < 1.29 is 9.18 Å². The van der Waals surface area contributed by atoms with Gasteiger partial charge in [0.15, 0.2) is 0 Å². The summed E-state index contributed by atoms with van der Waals surface area (Å²) >= 11 is 0. The lowest BCUT2D eigenvalue weighted by Crippen LogP contribution is -2.56. The van der Waals surface area contributed by atoms with Gasteiger partial charge < -0.3 is 0 Å². The third-order valence-electron chi connectivity index (χ3n) is 6.89. The molecule has 0 aliphatic carbocycles. The zero-order valence-electron chi connectivity index (χ0n) is 19.0. The van der Waals surface area contributed by atoms with Gasteiger partial charge in [-0.05, 0) is 61.2 Å². The molecule has 3 aromatic rings. The summed E-state index contributed by atoms with van der Waals surface area (Å²) in [6.45, 7) is 3.79. The van der Waals surface area contributed by atoms with Crippen molar-refractivity contribution in [2.45, 2.75) is 37.9 Å². The standard InChI is InChI=1S/C28H25FN4O/c1-20-15-28(9-8-27(34)33(28)26-7-3-6-25(29)14-26)10-11-32(20)19-21-4-2-5-23(12-21)24-13-22(16-30)17-31-18-24/h2-9,12-14,17-18,20H,10-11,15,19H2,1H3/t20-,28+/m1/s1. The number of halogens is 1. The predicted molar refractivity (Wildman–Crippen MR) is 129 cm³/mol. The number of nitriles is 1. The summed E-state index contributed by atoms with van der Waals surface area (Å²) in [7, 11) is 0. The molecular weight excluding hydrogens is 427 g/mol. The molecule has 3 heterocycles.